The molecule has 0 saturated heterocycles. The van der Waals surface area contributed by atoms with E-state index in [0.717, 1.165) is 25.7 Å². The van der Waals surface area contributed by atoms with Gasteiger partial charge in [-0.1, -0.05) is 6.92 Å². The van der Waals surface area contributed by atoms with Crippen LogP contribution in [0, 0.1) is 5.92 Å². The average Bonchev–Trinajstić information content (AvgIpc) is 2.56. The topological polar surface area (TPSA) is 84.9 Å². The maximum atomic E-state index is 12.7. The Morgan fingerprint density at radius 3 is 2.42 bits per heavy atom. The van der Waals surface area contributed by atoms with Gasteiger partial charge in [0.15, 0.2) is 6.61 Å². The van der Waals surface area contributed by atoms with Crippen LogP contribution in [0.25, 0.3) is 0 Å². The number of carbonyl (C=O) groups is 2. The number of nitrogens with one attached hydrogen (secondary N) is 1. The van der Waals surface area contributed by atoms with Crippen molar-refractivity contribution in [3.05, 3.63) is 24.3 Å². The number of hydrogen-bond acceptors (Lipinski definition) is 4. The lowest BCUT2D eigenvalue weighted by molar-refractivity contribution is -0.146. The van der Waals surface area contributed by atoms with Crippen molar-refractivity contribution in [1.29, 1.82) is 0 Å². The molecule has 0 atom stereocenters. The highest BCUT2D eigenvalue weighted by Crippen LogP contribution is 2.35. The summed E-state index contributed by atoms with van der Waals surface area (Å²) >= 11 is 0. The third-order valence-electron chi connectivity index (χ3n) is 4.39. The van der Waals surface area contributed by atoms with Gasteiger partial charge in [-0.3, -0.25) is 4.79 Å². The molecule has 1 amide bonds. The summed E-state index contributed by atoms with van der Waals surface area (Å²) in [5, 5.41) is 11.5. The second-order valence-electron chi connectivity index (χ2n) is 6.27. The summed E-state index contributed by atoms with van der Waals surface area (Å²) in [5.41, 5.74) is -0.111. The molecule has 0 heterocycles. The Bertz CT molecular complexity index is 561. The molecular weight excluding hydrogens is 310 g/mol. The largest absolute Gasteiger partial charge is 0.482 e. The lowest BCUT2D eigenvalue weighted by Crippen LogP contribution is -2.48. The van der Waals surface area contributed by atoms with E-state index in [-0.39, 0.29) is 5.91 Å². The van der Waals surface area contributed by atoms with Crippen LogP contribution < -0.4 is 10.1 Å². The van der Waals surface area contributed by atoms with Gasteiger partial charge in [0, 0.05) is 12.3 Å². The number of anilines is 1. The Hall–Kier alpha value is -2.08. The molecule has 0 radical (unpaired) electrons. The van der Waals surface area contributed by atoms with Crippen LogP contribution in [0.1, 0.15) is 39.5 Å². The summed E-state index contributed by atoms with van der Waals surface area (Å²) in [7, 11) is 0. The van der Waals surface area contributed by atoms with E-state index in [2.05, 4.69) is 12.2 Å². The van der Waals surface area contributed by atoms with Gasteiger partial charge < -0.3 is 19.9 Å². The predicted molar refractivity (Wildman–Crippen MR) is 90.2 cm³/mol. The Labute approximate surface area is 142 Å². The molecule has 0 bridgehead atoms. The number of carboxylic acids is 1. The predicted octanol–water partition coefficient (Wildman–Crippen LogP) is 3.07. The molecule has 1 saturated carbocycles. The summed E-state index contributed by atoms with van der Waals surface area (Å²) in [5.74, 6) is -0.0773. The van der Waals surface area contributed by atoms with E-state index in [4.69, 9.17) is 14.6 Å². The van der Waals surface area contributed by atoms with Gasteiger partial charge in [-0.25, -0.2) is 4.79 Å². The summed E-state index contributed by atoms with van der Waals surface area (Å²) in [6, 6.07) is 6.66. The molecule has 132 valence electrons. The highest BCUT2D eigenvalue weighted by molar-refractivity contribution is 5.97. The number of aliphatic carboxylic acids is 1. The SMILES string of the molecule is CCOC1(C(=O)Nc2ccc(OCC(=O)O)cc2)CCC(C)CC1. The van der Waals surface area contributed by atoms with Crippen molar-refractivity contribution >= 4 is 17.6 Å². The molecule has 24 heavy (non-hydrogen) atoms. The van der Waals surface area contributed by atoms with Crippen LogP contribution in [0.15, 0.2) is 24.3 Å². The Balaban J connectivity index is 2.00. The first-order valence-electron chi connectivity index (χ1n) is 8.35. The molecule has 1 aliphatic carbocycles. The zero-order valence-corrected chi connectivity index (χ0v) is 14.2. The van der Waals surface area contributed by atoms with Gasteiger partial charge in [0.2, 0.25) is 0 Å². The number of benzene rings is 1. The lowest BCUT2D eigenvalue weighted by Gasteiger charge is -2.37. The zero-order valence-electron chi connectivity index (χ0n) is 14.2. The number of ether oxygens (including phenoxy) is 2. The highest BCUT2D eigenvalue weighted by Gasteiger charge is 2.41. The number of amides is 1. The van der Waals surface area contributed by atoms with E-state index >= 15 is 0 Å². The molecule has 2 rings (SSSR count). The molecule has 1 aliphatic rings. The number of rotatable bonds is 7. The first-order chi connectivity index (χ1) is 11.4. The molecular formula is C18H25NO5. The maximum absolute atomic E-state index is 12.7. The molecule has 1 aromatic carbocycles. The van der Waals surface area contributed by atoms with Crippen molar-refractivity contribution in [2.45, 2.75) is 45.1 Å². The van der Waals surface area contributed by atoms with E-state index in [1.165, 1.54) is 0 Å². The van der Waals surface area contributed by atoms with Crippen LogP contribution in [-0.2, 0) is 14.3 Å². The molecule has 0 unspecified atom stereocenters. The third kappa shape index (κ3) is 4.71. The van der Waals surface area contributed by atoms with Gasteiger partial charge in [0.1, 0.15) is 11.4 Å². The van der Waals surface area contributed by atoms with Gasteiger partial charge >= 0.3 is 5.97 Å². The zero-order chi connectivity index (χ0) is 17.6. The van der Waals surface area contributed by atoms with Crippen molar-refractivity contribution in [3.8, 4) is 5.75 Å². The van der Waals surface area contributed by atoms with Crippen LogP contribution in [0.4, 0.5) is 5.69 Å². The third-order valence-corrected chi connectivity index (χ3v) is 4.39. The van der Waals surface area contributed by atoms with Gasteiger partial charge in [-0.2, -0.15) is 0 Å². The van der Waals surface area contributed by atoms with Crippen molar-refractivity contribution < 1.29 is 24.2 Å². The van der Waals surface area contributed by atoms with Gasteiger partial charge in [0.25, 0.3) is 5.91 Å². The van der Waals surface area contributed by atoms with E-state index in [1.54, 1.807) is 24.3 Å². The molecule has 6 nitrogen and oxygen atoms in total. The monoisotopic (exact) mass is 335 g/mol. The van der Waals surface area contributed by atoms with Gasteiger partial charge in [-0.15, -0.1) is 0 Å². The molecule has 2 N–H and O–H groups in total. The molecule has 1 fully saturated rings. The fourth-order valence-electron chi connectivity index (χ4n) is 2.97. The molecule has 0 aliphatic heterocycles. The minimum absolute atomic E-state index is 0.115. The summed E-state index contributed by atoms with van der Waals surface area (Å²) < 4.78 is 10.9. The Morgan fingerprint density at radius 2 is 1.88 bits per heavy atom. The highest BCUT2D eigenvalue weighted by atomic mass is 16.5. The minimum atomic E-state index is -1.03. The molecule has 6 heteroatoms. The fourth-order valence-corrected chi connectivity index (χ4v) is 2.97. The smallest absolute Gasteiger partial charge is 0.341 e. The lowest BCUT2D eigenvalue weighted by atomic mass is 9.78. The summed E-state index contributed by atoms with van der Waals surface area (Å²) in [6.07, 6.45) is 3.42. The van der Waals surface area contributed by atoms with Crippen molar-refractivity contribution in [3.63, 3.8) is 0 Å². The van der Waals surface area contributed by atoms with E-state index in [9.17, 15) is 9.59 Å². The van der Waals surface area contributed by atoms with Crippen LogP contribution in [-0.4, -0.2) is 35.8 Å². The van der Waals surface area contributed by atoms with Gasteiger partial charge in [0.05, 0.1) is 0 Å². The maximum Gasteiger partial charge on any atom is 0.341 e. The first kappa shape index (κ1) is 18.3. The number of carboxylic acid groups (broad SMARTS) is 1. The molecule has 1 aromatic rings. The number of hydrogen-bond donors (Lipinski definition) is 2. The summed E-state index contributed by atoms with van der Waals surface area (Å²) in [6.45, 7) is 4.21. The normalized spacial score (nSPS) is 23.5. The molecule has 0 aromatic heterocycles. The summed E-state index contributed by atoms with van der Waals surface area (Å²) in [4.78, 5) is 23.2. The second-order valence-corrected chi connectivity index (χ2v) is 6.27. The van der Waals surface area contributed by atoms with E-state index in [1.807, 2.05) is 6.92 Å². The number of carbonyl (C=O) groups excluding carboxylic acids is 1. The molecule has 0 spiro atoms. The van der Waals surface area contributed by atoms with Crippen LogP contribution in [0.3, 0.4) is 0 Å². The van der Waals surface area contributed by atoms with Crippen molar-refractivity contribution in [1.82, 2.24) is 0 Å². The quantitative estimate of drug-likeness (QED) is 0.800. The first-order valence-corrected chi connectivity index (χ1v) is 8.35. The van der Waals surface area contributed by atoms with Crippen LogP contribution >= 0.6 is 0 Å². The van der Waals surface area contributed by atoms with Crippen LogP contribution in [0.5, 0.6) is 5.75 Å². The van der Waals surface area contributed by atoms with Gasteiger partial charge in [-0.05, 0) is 62.8 Å². The Morgan fingerprint density at radius 1 is 1.25 bits per heavy atom. The van der Waals surface area contributed by atoms with Crippen molar-refractivity contribution in [2.75, 3.05) is 18.5 Å². The second kappa shape index (κ2) is 8.15. The fraction of sp³-hybridized carbons (Fsp3) is 0.556. The van der Waals surface area contributed by atoms with E-state index < -0.39 is 18.2 Å². The van der Waals surface area contributed by atoms with Crippen molar-refractivity contribution in [2.24, 2.45) is 5.92 Å². The standard InChI is InChI=1S/C18H25NO5/c1-3-24-18(10-8-13(2)9-11-18)17(22)19-14-4-6-15(7-5-14)23-12-16(20)21/h4-7,13H,3,8-12H2,1-2H3,(H,19,22)(H,20,21). The van der Waals surface area contributed by atoms with E-state index in [0.29, 0.717) is 24.0 Å². The average molecular weight is 335 g/mol. The minimum Gasteiger partial charge on any atom is -0.482 e. The van der Waals surface area contributed by atoms with Crippen LogP contribution in [0.2, 0.25) is 0 Å². The Kier molecular flexibility index (Phi) is 6.20.